The van der Waals surface area contributed by atoms with E-state index in [1.807, 2.05) is 12.1 Å². The Balaban J connectivity index is 1.57. The van der Waals surface area contributed by atoms with Gasteiger partial charge in [-0.3, -0.25) is 4.18 Å². The number of benzene rings is 2. The van der Waals surface area contributed by atoms with E-state index in [4.69, 9.17) is 8.92 Å². The number of carbonyl (C=O) groups excluding carboxylic acids is 1. The van der Waals surface area contributed by atoms with Crippen molar-refractivity contribution in [2.45, 2.75) is 90.6 Å². The first-order valence-corrected chi connectivity index (χ1v) is 15.4. The molecule has 37 heavy (non-hydrogen) atoms. The van der Waals surface area contributed by atoms with Crippen LogP contribution in [0.2, 0.25) is 0 Å². The average molecular weight is 533 g/mol. The number of carbonyl (C=O) groups is 1. The third-order valence-electron chi connectivity index (χ3n) is 6.00. The van der Waals surface area contributed by atoms with Crippen molar-refractivity contribution in [3.63, 3.8) is 0 Å². The van der Waals surface area contributed by atoms with Gasteiger partial charge in [-0.1, -0.05) is 89.7 Å². The molecule has 0 fully saturated rings. The van der Waals surface area contributed by atoms with Crippen molar-refractivity contribution in [2.24, 2.45) is 0 Å². The van der Waals surface area contributed by atoms with E-state index in [9.17, 15) is 13.2 Å². The predicted octanol–water partition coefficient (Wildman–Crippen LogP) is 7.89. The summed E-state index contributed by atoms with van der Waals surface area (Å²) in [5.74, 6) is 0.785. The normalized spacial score (nSPS) is 11.3. The van der Waals surface area contributed by atoms with Crippen LogP contribution < -0.4 is 15.4 Å². The Labute approximate surface area is 223 Å². The van der Waals surface area contributed by atoms with Gasteiger partial charge in [0, 0.05) is 11.4 Å². The Kier molecular flexibility index (Phi) is 14.7. The fourth-order valence-electron chi connectivity index (χ4n) is 3.97. The number of unbranched alkanes of at least 4 members (excludes halogenated alkanes) is 11. The molecule has 0 bridgehead atoms. The van der Waals surface area contributed by atoms with Crippen molar-refractivity contribution >= 4 is 27.5 Å². The molecule has 0 aliphatic heterocycles. The lowest BCUT2D eigenvalue weighted by molar-refractivity contribution is 0.262. The molecule has 8 heteroatoms. The molecule has 0 unspecified atom stereocenters. The minimum absolute atomic E-state index is 0.0866. The van der Waals surface area contributed by atoms with Crippen LogP contribution in [0, 0.1) is 0 Å². The predicted molar refractivity (Wildman–Crippen MR) is 152 cm³/mol. The van der Waals surface area contributed by atoms with Crippen molar-refractivity contribution in [3.8, 4) is 5.75 Å². The fraction of sp³-hybridized carbons (Fsp3) is 0.552. The number of urea groups is 1. The number of hydrogen-bond acceptors (Lipinski definition) is 5. The van der Waals surface area contributed by atoms with Crippen molar-refractivity contribution in [3.05, 3.63) is 54.1 Å². The van der Waals surface area contributed by atoms with Gasteiger partial charge in [0.2, 0.25) is 0 Å². The van der Waals surface area contributed by atoms with Crippen LogP contribution in [0.3, 0.4) is 0 Å². The zero-order valence-electron chi connectivity index (χ0n) is 22.5. The summed E-state index contributed by atoms with van der Waals surface area (Å²) >= 11 is 0. The molecule has 0 aliphatic rings. The van der Waals surface area contributed by atoms with Crippen molar-refractivity contribution < 1.29 is 22.1 Å². The van der Waals surface area contributed by atoms with E-state index in [1.54, 1.807) is 36.4 Å². The summed E-state index contributed by atoms with van der Waals surface area (Å²) in [5.41, 5.74) is 1.82. The van der Waals surface area contributed by atoms with Gasteiger partial charge in [-0.05, 0) is 48.4 Å². The first kappa shape index (κ1) is 30.6. The van der Waals surface area contributed by atoms with Gasteiger partial charge in [-0.15, -0.1) is 0 Å². The molecule has 0 radical (unpaired) electrons. The van der Waals surface area contributed by atoms with Gasteiger partial charge in [-0.2, -0.15) is 8.42 Å². The fourth-order valence-corrected chi connectivity index (χ4v) is 4.33. The van der Waals surface area contributed by atoms with Gasteiger partial charge in [0.1, 0.15) is 5.75 Å². The van der Waals surface area contributed by atoms with E-state index < -0.39 is 16.1 Å². The lowest BCUT2D eigenvalue weighted by Gasteiger charge is -2.10. The monoisotopic (exact) mass is 532 g/mol. The molecule has 0 spiro atoms. The number of amides is 2. The van der Waals surface area contributed by atoms with Crippen molar-refractivity contribution in [2.75, 3.05) is 23.5 Å². The molecular formula is C29H44N2O5S. The van der Waals surface area contributed by atoms with Gasteiger partial charge >= 0.3 is 6.03 Å². The minimum Gasteiger partial charge on any atom is -0.494 e. The molecule has 0 heterocycles. The van der Waals surface area contributed by atoms with Crippen LogP contribution in [-0.4, -0.2) is 27.3 Å². The highest BCUT2D eigenvalue weighted by molar-refractivity contribution is 7.85. The SMILES string of the molecule is CCCCCCCCCCCCCCOc1ccc(NC(=O)Nc2cccc(COS(C)(=O)=O)c2)cc1. The third-order valence-corrected chi connectivity index (χ3v) is 6.55. The van der Waals surface area contributed by atoms with Crippen LogP contribution in [-0.2, 0) is 20.9 Å². The number of ether oxygens (including phenoxy) is 1. The van der Waals surface area contributed by atoms with Gasteiger partial charge in [0.15, 0.2) is 0 Å². The van der Waals surface area contributed by atoms with E-state index >= 15 is 0 Å². The van der Waals surface area contributed by atoms with Crippen LogP contribution >= 0.6 is 0 Å². The standard InChI is InChI=1S/C29H44N2O5S/c1-3-4-5-6-7-8-9-10-11-12-13-14-22-35-28-20-18-26(19-21-28)30-29(32)31-27-17-15-16-25(23-27)24-36-37(2,33)34/h15-21,23H,3-14,22,24H2,1-2H3,(H2,30,31,32). The molecule has 2 rings (SSSR count). The zero-order chi connectivity index (χ0) is 26.8. The summed E-state index contributed by atoms with van der Waals surface area (Å²) in [6.07, 6.45) is 16.8. The highest BCUT2D eigenvalue weighted by Crippen LogP contribution is 2.18. The van der Waals surface area contributed by atoms with Crippen molar-refractivity contribution in [1.29, 1.82) is 0 Å². The Morgan fingerprint density at radius 1 is 0.757 bits per heavy atom. The van der Waals surface area contributed by atoms with Gasteiger partial charge in [-0.25, -0.2) is 4.79 Å². The molecule has 0 aliphatic carbocycles. The van der Waals surface area contributed by atoms with Crippen LogP contribution in [0.5, 0.6) is 5.75 Å². The largest absolute Gasteiger partial charge is 0.494 e. The second-order valence-corrected chi connectivity index (χ2v) is 11.2. The molecule has 2 aromatic carbocycles. The maximum Gasteiger partial charge on any atom is 0.323 e. The number of anilines is 2. The van der Waals surface area contributed by atoms with Crippen LogP contribution in [0.1, 0.15) is 89.5 Å². The quantitative estimate of drug-likeness (QED) is 0.142. The summed E-state index contributed by atoms with van der Waals surface area (Å²) in [6, 6.07) is 13.7. The molecule has 206 valence electrons. The Bertz CT molecular complexity index is 1010. The number of hydrogen-bond donors (Lipinski definition) is 2. The summed E-state index contributed by atoms with van der Waals surface area (Å²) < 4.78 is 32.9. The number of rotatable bonds is 19. The van der Waals surface area contributed by atoms with E-state index in [0.29, 0.717) is 23.5 Å². The van der Waals surface area contributed by atoms with Crippen LogP contribution in [0.4, 0.5) is 16.2 Å². The summed E-state index contributed by atoms with van der Waals surface area (Å²) in [5, 5.41) is 5.51. The zero-order valence-corrected chi connectivity index (χ0v) is 23.3. The molecule has 2 aromatic rings. The van der Waals surface area contributed by atoms with Crippen molar-refractivity contribution in [1.82, 2.24) is 0 Å². The molecule has 2 amide bonds. The van der Waals surface area contributed by atoms with E-state index in [-0.39, 0.29) is 6.61 Å². The maximum absolute atomic E-state index is 12.3. The highest BCUT2D eigenvalue weighted by Gasteiger charge is 2.06. The molecule has 2 N–H and O–H groups in total. The van der Waals surface area contributed by atoms with Gasteiger partial charge in [0.25, 0.3) is 10.1 Å². The van der Waals surface area contributed by atoms with E-state index in [2.05, 4.69) is 17.6 Å². The topological polar surface area (TPSA) is 93.7 Å². The summed E-state index contributed by atoms with van der Waals surface area (Å²) in [6.45, 7) is 2.87. The lowest BCUT2D eigenvalue weighted by Crippen LogP contribution is -2.19. The van der Waals surface area contributed by atoms with E-state index in [0.717, 1.165) is 18.4 Å². The molecular weight excluding hydrogens is 488 g/mol. The second-order valence-electron chi connectivity index (χ2n) is 9.51. The molecule has 0 aromatic heterocycles. The first-order chi connectivity index (χ1) is 17.9. The summed E-state index contributed by atoms with van der Waals surface area (Å²) in [7, 11) is -3.53. The average Bonchev–Trinajstić information content (AvgIpc) is 2.86. The first-order valence-electron chi connectivity index (χ1n) is 13.6. The second kappa shape index (κ2) is 17.8. The van der Waals surface area contributed by atoms with Gasteiger partial charge < -0.3 is 15.4 Å². The van der Waals surface area contributed by atoms with Gasteiger partial charge in [0.05, 0.1) is 19.5 Å². The maximum atomic E-state index is 12.3. The summed E-state index contributed by atoms with van der Waals surface area (Å²) in [4.78, 5) is 12.3. The Morgan fingerprint density at radius 3 is 1.92 bits per heavy atom. The lowest BCUT2D eigenvalue weighted by atomic mass is 10.1. The van der Waals surface area contributed by atoms with E-state index in [1.165, 1.54) is 70.6 Å². The molecule has 0 saturated heterocycles. The minimum atomic E-state index is -3.53. The molecule has 0 atom stereocenters. The number of nitrogens with one attached hydrogen (secondary N) is 2. The third kappa shape index (κ3) is 15.3. The molecule has 0 saturated carbocycles. The van der Waals surface area contributed by atoms with Crippen LogP contribution in [0.15, 0.2) is 48.5 Å². The Morgan fingerprint density at radius 2 is 1.32 bits per heavy atom. The Hall–Kier alpha value is -2.58. The smallest absolute Gasteiger partial charge is 0.323 e. The molecule has 7 nitrogen and oxygen atoms in total. The highest BCUT2D eigenvalue weighted by atomic mass is 32.2. The van der Waals surface area contributed by atoms with Crippen LogP contribution in [0.25, 0.3) is 0 Å².